The predicted molar refractivity (Wildman–Crippen MR) is 90.9 cm³/mol. The van der Waals surface area contributed by atoms with Gasteiger partial charge < -0.3 is 10.1 Å². The van der Waals surface area contributed by atoms with E-state index in [1.165, 1.54) is 13.0 Å². The van der Waals surface area contributed by atoms with Gasteiger partial charge in [-0.25, -0.2) is 4.79 Å². The number of carbonyl (C=O) groups is 2. The number of carbonyl (C=O) groups excluding carboxylic acids is 2. The third-order valence-corrected chi connectivity index (χ3v) is 3.15. The molecule has 0 spiro atoms. The fourth-order valence-corrected chi connectivity index (χ4v) is 2.19. The highest BCUT2D eigenvalue weighted by molar-refractivity contribution is 5.96. The molecule has 0 atom stereocenters. The number of hydrogen-bond donors (Lipinski definition) is 1. The molecule has 118 valence electrons. The van der Waals surface area contributed by atoms with E-state index in [1.54, 1.807) is 19.1 Å². The summed E-state index contributed by atoms with van der Waals surface area (Å²) < 4.78 is 5.02. The minimum Gasteiger partial charge on any atom is -0.463 e. The van der Waals surface area contributed by atoms with E-state index in [-0.39, 0.29) is 11.9 Å². The number of rotatable bonds is 5. The van der Waals surface area contributed by atoms with E-state index in [1.807, 2.05) is 42.5 Å². The van der Waals surface area contributed by atoms with Crippen LogP contribution in [0.4, 0.5) is 5.69 Å². The molecular weight excluding hydrogens is 290 g/mol. The summed E-state index contributed by atoms with van der Waals surface area (Å²) in [6.07, 6.45) is 1.49. The maximum absolute atomic E-state index is 11.9. The zero-order chi connectivity index (χ0) is 16.7. The molecule has 0 aliphatic heterocycles. The first-order chi connectivity index (χ1) is 11.1. The Morgan fingerprint density at radius 2 is 1.61 bits per heavy atom. The molecule has 4 nitrogen and oxygen atoms in total. The first-order valence-electron chi connectivity index (χ1n) is 7.42. The van der Waals surface area contributed by atoms with Gasteiger partial charge in [-0.2, -0.15) is 0 Å². The summed E-state index contributed by atoms with van der Waals surface area (Å²) in [5.41, 5.74) is 3.29. The van der Waals surface area contributed by atoms with Gasteiger partial charge in [0, 0.05) is 18.7 Å². The number of esters is 1. The molecule has 0 aliphatic carbocycles. The van der Waals surface area contributed by atoms with Crippen LogP contribution in [0.5, 0.6) is 0 Å². The van der Waals surface area contributed by atoms with Crippen LogP contribution in [0.25, 0.3) is 5.57 Å². The van der Waals surface area contributed by atoms with Crippen molar-refractivity contribution < 1.29 is 14.3 Å². The van der Waals surface area contributed by atoms with Crippen LogP contribution in [0.15, 0.2) is 60.7 Å². The molecule has 0 saturated heterocycles. The minimum absolute atomic E-state index is 0.122. The Bertz CT molecular complexity index is 703. The van der Waals surface area contributed by atoms with E-state index in [0.29, 0.717) is 12.3 Å². The Balaban J connectivity index is 2.37. The van der Waals surface area contributed by atoms with Crippen molar-refractivity contribution in [2.75, 3.05) is 11.9 Å². The molecule has 0 bridgehead atoms. The highest BCUT2D eigenvalue weighted by Crippen LogP contribution is 2.24. The van der Waals surface area contributed by atoms with Gasteiger partial charge in [-0.3, -0.25) is 4.79 Å². The Morgan fingerprint density at radius 3 is 2.17 bits per heavy atom. The summed E-state index contributed by atoms with van der Waals surface area (Å²) >= 11 is 0. The van der Waals surface area contributed by atoms with E-state index >= 15 is 0 Å². The molecule has 0 heterocycles. The molecule has 0 aromatic heterocycles. The number of hydrogen-bond acceptors (Lipinski definition) is 3. The summed E-state index contributed by atoms with van der Waals surface area (Å²) in [7, 11) is 0. The van der Waals surface area contributed by atoms with Crippen LogP contribution in [0.3, 0.4) is 0 Å². The van der Waals surface area contributed by atoms with Crippen molar-refractivity contribution in [2.24, 2.45) is 0 Å². The van der Waals surface area contributed by atoms with Gasteiger partial charge in [-0.15, -0.1) is 0 Å². The number of anilines is 1. The van der Waals surface area contributed by atoms with Gasteiger partial charge >= 0.3 is 5.97 Å². The van der Waals surface area contributed by atoms with Crippen molar-refractivity contribution in [3.8, 4) is 0 Å². The van der Waals surface area contributed by atoms with Crippen molar-refractivity contribution in [3.63, 3.8) is 0 Å². The lowest BCUT2D eigenvalue weighted by molar-refractivity contribution is -0.137. The summed E-state index contributed by atoms with van der Waals surface area (Å²) in [6.45, 7) is 3.57. The summed E-state index contributed by atoms with van der Waals surface area (Å²) in [5, 5.41) is 2.72. The third kappa shape index (κ3) is 4.81. The van der Waals surface area contributed by atoms with E-state index < -0.39 is 0 Å². The van der Waals surface area contributed by atoms with Gasteiger partial charge in [-0.1, -0.05) is 42.5 Å². The zero-order valence-corrected chi connectivity index (χ0v) is 13.2. The van der Waals surface area contributed by atoms with Gasteiger partial charge in [0.1, 0.15) is 0 Å². The van der Waals surface area contributed by atoms with Crippen molar-refractivity contribution in [3.05, 3.63) is 71.8 Å². The molecule has 1 N–H and O–H groups in total. The van der Waals surface area contributed by atoms with Crippen LogP contribution < -0.4 is 5.32 Å². The fourth-order valence-electron chi connectivity index (χ4n) is 2.19. The zero-order valence-electron chi connectivity index (χ0n) is 13.2. The normalized spacial score (nSPS) is 11.0. The predicted octanol–water partition coefficient (Wildman–Crippen LogP) is 3.64. The molecule has 0 saturated carbocycles. The van der Waals surface area contributed by atoms with Crippen LogP contribution in [0.1, 0.15) is 25.0 Å². The third-order valence-electron chi connectivity index (χ3n) is 3.15. The van der Waals surface area contributed by atoms with Crippen LogP contribution >= 0.6 is 0 Å². The van der Waals surface area contributed by atoms with Crippen molar-refractivity contribution >= 4 is 23.1 Å². The van der Waals surface area contributed by atoms with Crippen LogP contribution in [0.2, 0.25) is 0 Å². The maximum atomic E-state index is 11.9. The van der Waals surface area contributed by atoms with Crippen molar-refractivity contribution in [1.29, 1.82) is 0 Å². The second kappa shape index (κ2) is 7.94. The smallest absolute Gasteiger partial charge is 0.331 e. The number of amides is 1. The largest absolute Gasteiger partial charge is 0.463 e. The SMILES string of the molecule is CCOC(=O)/C=C(\c1ccccc1)c1ccc(NC(C)=O)cc1. The molecule has 2 aromatic carbocycles. The Morgan fingerprint density at radius 1 is 1.00 bits per heavy atom. The second-order valence-electron chi connectivity index (χ2n) is 4.93. The quantitative estimate of drug-likeness (QED) is 0.677. The van der Waals surface area contributed by atoms with Gasteiger partial charge in [0.25, 0.3) is 0 Å². The number of ether oxygens (including phenoxy) is 1. The standard InChI is InChI=1S/C19H19NO3/c1-3-23-19(22)13-18(15-7-5-4-6-8-15)16-9-11-17(12-10-16)20-14(2)21/h4-13H,3H2,1-2H3,(H,20,21)/b18-13+. The van der Waals surface area contributed by atoms with E-state index in [9.17, 15) is 9.59 Å². The molecule has 1 amide bonds. The van der Waals surface area contributed by atoms with Crippen LogP contribution in [0, 0.1) is 0 Å². The van der Waals surface area contributed by atoms with Crippen molar-refractivity contribution in [2.45, 2.75) is 13.8 Å². The summed E-state index contributed by atoms with van der Waals surface area (Å²) in [5.74, 6) is -0.500. The molecule has 4 heteroatoms. The van der Waals surface area contributed by atoms with Crippen LogP contribution in [-0.4, -0.2) is 18.5 Å². The molecule has 2 aromatic rings. The van der Waals surface area contributed by atoms with Gasteiger partial charge in [0.15, 0.2) is 0 Å². The molecule has 23 heavy (non-hydrogen) atoms. The Labute approximate surface area is 135 Å². The lowest BCUT2D eigenvalue weighted by Gasteiger charge is -2.10. The lowest BCUT2D eigenvalue weighted by atomic mass is 9.97. The fraction of sp³-hybridized carbons (Fsp3) is 0.158. The average molecular weight is 309 g/mol. The van der Waals surface area contributed by atoms with E-state index in [2.05, 4.69) is 5.32 Å². The average Bonchev–Trinajstić information content (AvgIpc) is 2.54. The Kier molecular flexibility index (Phi) is 5.69. The van der Waals surface area contributed by atoms with Crippen molar-refractivity contribution in [1.82, 2.24) is 0 Å². The number of nitrogens with one attached hydrogen (secondary N) is 1. The molecule has 0 fully saturated rings. The van der Waals surface area contributed by atoms with Crippen LogP contribution in [-0.2, 0) is 14.3 Å². The molecular formula is C19H19NO3. The molecule has 2 rings (SSSR count). The van der Waals surface area contributed by atoms with E-state index in [4.69, 9.17) is 4.74 Å². The molecule has 0 aliphatic rings. The second-order valence-corrected chi connectivity index (χ2v) is 4.93. The highest BCUT2D eigenvalue weighted by atomic mass is 16.5. The van der Waals surface area contributed by atoms with Gasteiger partial charge in [-0.05, 0) is 35.8 Å². The first kappa shape index (κ1) is 16.5. The number of benzene rings is 2. The topological polar surface area (TPSA) is 55.4 Å². The Hall–Kier alpha value is -2.88. The lowest BCUT2D eigenvalue weighted by Crippen LogP contribution is -2.05. The molecule has 0 radical (unpaired) electrons. The minimum atomic E-state index is -0.378. The monoisotopic (exact) mass is 309 g/mol. The maximum Gasteiger partial charge on any atom is 0.331 e. The highest BCUT2D eigenvalue weighted by Gasteiger charge is 2.08. The first-order valence-corrected chi connectivity index (χ1v) is 7.42. The van der Waals surface area contributed by atoms with Gasteiger partial charge in [0.2, 0.25) is 5.91 Å². The summed E-state index contributed by atoms with van der Waals surface area (Å²) in [4.78, 5) is 22.9. The summed E-state index contributed by atoms with van der Waals surface area (Å²) in [6, 6.07) is 17.0. The van der Waals surface area contributed by atoms with Gasteiger partial charge in [0.05, 0.1) is 6.61 Å². The molecule has 0 unspecified atom stereocenters. The van der Waals surface area contributed by atoms with E-state index in [0.717, 1.165) is 16.7 Å².